The fraction of sp³-hybridized carbons (Fsp3) is 0.250. The second kappa shape index (κ2) is 8.99. The predicted octanol–water partition coefficient (Wildman–Crippen LogP) is 4.56. The zero-order valence-corrected chi connectivity index (χ0v) is 18.0. The van der Waals surface area contributed by atoms with Gasteiger partial charge in [-0.3, -0.25) is 9.59 Å². The number of ketones is 1. The highest BCUT2D eigenvalue weighted by molar-refractivity contribution is 7.17. The Hall–Kier alpha value is -3.03. The van der Waals surface area contributed by atoms with Gasteiger partial charge in [0.2, 0.25) is 0 Å². The maximum atomic E-state index is 14.2. The van der Waals surface area contributed by atoms with Gasteiger partial charge in [-0.05, 0) is 36.8 Å². The number of rotatable bonds is 7. The van der Waals surface area contributed by atoms with E-state index in [2.05, 4.69) is 5.32 Å². The van der Waals surface area contributed by atoms with E-state index in [-0.39, 0.29) is 30.2 Å². The van der Waals surface area contributed by atoms with Crippen LogP contribution in [0.25, 0.3) is 10.4 Å². The number of nitrogens with one attached hydrogen (secondary N) is 1. The average Bonchev–Trinajstić information content (AvgIpc) is 3.40. The largest absolute Gasteiger partial charge is 0.487 e. The molecule has 1 aliphatic heterocycles. The monoisotopic (exact) mass is 439 g/mol. The second-order valence-corrected chi connectivity index (χ2v) is 8.46. The van der Waals surface area contributed by atoms with Crippen molar-refractivity contribution in [2.24, 2.45) is 0 Å². The number of carbonyl (C=O) groups is 2. The lowest BCUT2D eigenvalue weighted by atomic mass is 10.0. The SMILES string of the molecule is CO[C@H](C(=O)NC[C@@H]1Cc2cc(F)cc(-c3ccc(C(C)=O)s3)c2O1)c1ccccc1. The minimum Gasteiger partial charge on any atom is -0.487 e. The Morgan fingerprint density at radius 1 is 1.23 bits per heavy atom. The topological polar surface area (TPSA) is 64.6 Å². The van der Waals surface area contributed by atoms with Crippen LogP contribution in [0.1, 0.15) is 33.8 Å². The molecule has 0 aliphatic carbocycles. The zero-order chi connectivity index (χ0) is 22.0. The lowest BCUT2D eigenvalue weighted by Crippen LogP contribution is -2.37. The van der Waals surface area contributed by atoms with Crippen LogP contribution in [-0.2, 0) is 16.0 Å². The summed E-state index contributed by atoms with van der Waals surface area (Å²) in [6, 6.07) is 15.7. The van der Waals surface area contributed by atoms with E-state index < -0.39 is 6.10 Å². The van der Waals surface area contributed by atoms with E-state index in [4.69, 9.17) is 9.47 Å². The van der Waals surface area contributed by atoms with Gasteiger partial charge >= 0.3 is 0 Å². The van der Waals surface area contributed by atoms with Crippen LogP contribution in [0.2, 0.25) is 0 Å². The van der Waals surface area contributed by atoms with Crippen molar-refractivity contribution in [2.75, 3.05) is 13.7 Å². The van der Waals surface area contributed by atoms with Crippen molar-refractivity contribution in [3.63, 3.8) is 0 Å². The molecule has 5 nitrogen and oxygen atoms in total. The average molecular weight is 440 g/mol. The van der Waals surface area contributed by atoms with Gasteiger partial charge in [-0.15, -0.1) is 11.3 Å². The Balaban J connectivity index is 1.47. The summed E-state index contributed by atoms with van der Waals surface area (Å²) < 4.78 is 25.7. The number of benzene rings is 2. The molecule has 0 spiro atoms. The fourth-order valence-corrected chi connectivity index (χ4v) is 4.61. The highest BCUT2D eigenvalue weighted by Gasteiger charge is 2.29. The van der Waals surface area contributed by atoms with Gasteiger partial charge in [0.1, 0.15) is 17.7 Å². The molecule has 0 radical (unpaired) electrons. The number of amides is 1. The number of methoxy groups -OCH3 is 1. The van der Waals surface area contributed by atoms with Crippen LogP contribution in [0.15, 0.2) is 54.6 Å². The van der Waals surface area contributed by atoms with Crippen molar-refractivity contribution in [2.45, 2.75) is 25.6 Å². The molecule has 0 saturated heterocycles. The van der Waals surface area contributed by atoms with Crippen LogP contribution in [0.4, 0.5) is 4.39 Å². The van der Waals surface area contributed by atoms with E-state index in [9.17, 15) is 14.0 Å². The number of Topliss-reactive ketones (excluding diaryl/α,β-unsaturated/α-hetero) is 1. The molecule has 1 aliphatic rings. The molecule has 2 aromatic carbocycles. The first-order valence-corrected chi connectivity index (χ1v) is 10.7. The summed E-state index contributed by atoms with van der Waals surface area (Å²) in [4.78, 5) is 25.6. The predicted molar refractivity (Wildman–Crippen MR) is 117 cm³/mol. The highest BCUT2D eigenvalue weighted by atomic mass is 32.1. The smallest absolute Gasteiger partial charge is 0.253 e. The summed E-state index contributed by atoms with van der Waals surface area (Å²) in [6.07, 6.45) is -0.553. The number of halogens is 1. The van der Waals surface area contributed by atoms with Gasteiger partial charge in [-0.2, -0.15) is 0 Å². The van der Waals surface area contributed by atoms with Gasteiger partial charge in [-0.25, -0.2) is 4.39 Å². The zero-order valence-electron chi connectivity index (χ0n) is 17.2. The number of carbonyl (C=O) groups excluding carboxylic acids is 2. The third kappa shape index (κ3) is 4.52. The van der Waals surface area contributed by atoms with Crippen molar-refractivity contribution < 1.29 is 23.5 Å². The van der Waals surface area contributed by atoms with E-state index >= 15 is 0 Å². The van der Waals surface area contributed by atoms with Crippen LogP contribution in [-0.4, -0.2) is 31.4 Å². The van der Waals surface area contributed by atoms with Gasteiger partial charge in [0.25, 0.3) is 5.91 Å². The first-order chi connectivity index (χ1) is 15.0. The Kier molecular flexibility index (Phi) is 6.15. The molecule has 7 heteroatoms. The molecule has 160 valence electrons. The first kappa shape index (κ1) is 21.2. The molecule has 2 heterocycles. The van der Waals surface area contributed by atoms with E-state index in [1.165, 1.54) is 37.5 Å². The number of thiophene rings is 1. The van der Waals surface area contributed by atoms with Gasteiger partial charge in [0.05, 0.1) is 11.4 Å². The van der Waals surface area contributed by atoms with Gasteiger partial charge < -0.3 is 14.8 Å². The van der Waals surface area contributed by atoms with E-state index in [1.54, 1.807) is 12.1 Å². The third-order valence-electron chi connectivity index (χ3n) is 5.16. The Labute approximate surface area is 183 Å². The molecule has 0 saturated carbocycles. The van der Waals surface area contributed by atoms with E-state index in [0.29, 0.717) is 22.6 Å². The molecule has 0 fully saturated rings. The summed E-state index contributed by atoms with van der Waals surface area (Å²) in [7, 11) is 1.49. The van der Waals surface area contributed by atoms with Crippen molar-refractivity contribution in [3.8, 4) is 16.2 Å². The van der Waals surface area contributed by atoms with Crippen LogP contribution in [0, 0.1) is 5.82 Å². The van der Waals surface area contributed by atoms with Crippen molar-refractivity contribution in [3.05, 3.63) is 76.4 Å². The van der Waals surface area contributed by atoms with Crippen molar-refractivity contribution in [1.82, 2.24) is 5.32 Å². The van der Waals surface area contributed by atoms with Crippen molar-refractivity contribution >= 4 is 23.0 Å². The fourth-order valence-electron chi connectivity index (χ4n) is 3.69. The molecule has 0 bridgehead atoms. The van der Waals surface area contributed by atoms with E-state index in [1.807, 2.05) is 30.3 Å². The number of fused-ring (bicyclic) bond motifs is 1. The number of ether oxygens (including phenoxy) is 2. The second-order valence-electron chi connectivity index (χ2n) is 7.38. The molecule has 4 rings (SSSR count). The summed E-state index contributed by atoms with van der Waals surface area (Å²) in [5.41, 5.74) is 2.14. The molecule has 1 amide bonds. The molecule has 1 N–H and O–H groups in total. The lowest BCUT2D eigenvalue weighted by Gasteiger charge is -2.18. The Morgan fingerprint density at radius 2 is 2.00 bits per heavy atom. The summed E-state index contributed by atoms with van der Waals surface area (Å²) in [5, 5.41) is 2.88. The van der Waals surface area contributed by atoms with Gasteiger partial charge in [-0.1, -0.05) is 30.3 Å². The Bertz CT molecular complexity index is 1110. The highest BCUT2D eigenvalue weighted by Crippen LogP contribution is 2.42. The standard InChI is InChI=1S/C24H22FNO4S/c1-14(27)20-8-9-21(31-20)19-12-17(25)10-16-11-18(30-22(16)19)13-26-24(28)23(29-2)15-6-4-3-5-7-15/h3-10,12,18,23H,11,13H2,1-2H3,(H,26,28)/t18-,23-/m0/s1. The molecular weight excluding hydrogens is 417 g/mol. The molecule has 0 unspecified atom stereocenters. The maximum absolute atomic E-state index is 14.2. The van der Waals surface area contributed by atoms with Crippen LogP contribution >= 0.6 is 11.3 Å². The summed E-state index contributed by atoms with van der Waals surface area (Å²) in [5.74, 6) is -0.0479. The summed E-state index contributed by atoms with van der Waals surface area (Å²) >= 11 is 1.31. The molecular formula is C24H22FNO4S. The molecule has 31 heavy (non-hydrogen) atoms. The maximum Gasteiger partial charge on any atom is 0.253 e. The lowest BCUT2D eigenvalue weighted by molar-refractivity contribution is -0.131. The third-order valence-corrected chi connectivity index (χ3v) is 6.38. The van der Waals surface area contributed by atoms with Crippen LogP contribution in [0.3, 0.4) is 0 Å². The minimum absolute atomic E-state index is 0.0306. The quantitative estimate of drug-likeness (QED) is 0.548. The van der Waals surface area contributed by atoms with Crippen LogP contribution in [0.5, 0.6) is 5.75 Å². The normalized spacial score (nSPS) is 15.8. The minimum atomic E-state index is -0.714. The van der Waals surface area contributed by atoms with Crippen molar-refractivity contribution in [1.29, 1.82) is 0 Å². The molecule has 1 aromatic heterocycles. The molecule has 2 atom stereocenters. The van der Waals surface area contributed by atoms with Gasteiger partial charge in [0.15, 0.2) is 11.9 Å². The number of hydrogen-bond donors (Lipinski definition) is 1. The molecule has 3 aromatic rings. The summed E-state index contributed by atoms with van der Waals surface area (Å²) in [6.45, 7) is 1.77. The Morgan fingerprint density at radius 3 is 2.68 bits per heavy atom. The first-order valence-electron chi connectivity index (χ1n) is 9.92. The van der Waals surface area contributed by atoms with Crippen LogP contribution < -0.4 is 10.1 Å². The van der Waals surface area contributed by atoms with Gasteiger partial charge in [0, 0.05) is 29.5 Å². The van der Waals surface area contributed by atoms with E-state index in [0.717, 1.165) is 16.0 Å². The number of hydrogen-bond acceptors (Lipinski definition) is 5.